The number of carbonyl (C=O) groups is 3. The van der Waals surface area contributed by atoms with E-state index in [4.69, 9.17) is 14.0 Å². The summed E-state index contributed by atoms with van der Waals surface area (Å²) in [5, 5.41) is 0.689. The second-order valence-electron chi connectivity index (χ2n) is 7.02. The van der Waals surface area contributed by atoms with Crippen molar-refractivity contribution in [3.8, 4) is 0 Å². The van der Waals surface area contributed by atoms with E-state index >= 15 is 0 Å². The van der Waals surface area contributed by atoms with Crippen molar-refractivity contribution in [3.63, 3.8) is 0 Å². The van der Waals surface area contributed by atoms with Crippen LogP contribution in [-0.4, -0.2) is 51.0 Å². The van der Waals surface area contributed by atoms with Gasteiger partial charge in [-0.2, -0.15) is 0 Å². The number of hydrogen-bond acceptors (Lipinski definition) is 6. The molecule has 0 bridgehead atoms. The minimum Gasteiger partial charge on any atom is -0.414 e. The van der Waals surface area contributed by atoms with Crippen LogP contribution in [0.15, 0.2) is 0 Å². The first-order valence-electron chi connectivity index (χ1n) is 7.83. The molecule has 0 N–H and O–H groups in total. The van der Waals surface area contributed by atoms with Crippen molar-refractivity contribution < 1.29 is 28.4 Å². The van der Waals surface area contributed by atoms with E-state index in [9.17, 15) is 14.4 Å². The molecule has 23 heavy (non-hydrogen) atoms. The number of carbonyl (C=O) groups excluding carboxylic acids is 3. The lowest BCUT2D eigenvalue weighted by molar-refractivity contribution is -0.198. The van der Waals surface area contributed by atoms with E-state index in [1.165, 1.54) is 0 Å². The molecule has 0 spiro atoms. The van der Waals surface area contributed by atoms with Crippen LogP contribution in [0.25, 0.3) is 0 Å². The number of ether oxygens (including phenoxy) is 1. The Morgan fingerprint density at radius 3 is 2.17 bits per heavy atom. The van der Waals surface area contributed by atoms with E-state index in [-0.39, 0.29) is 30.9 Å². The fourth-order valence-electron chi connectivity index (χ4n) is 1.64. The number of hydrogen-bond donors (Lipinski definition) is 0. The van der Waals surface area contributed by atoms with Gasteiger partial charge in [0.05, 0.1) is 26.2 Å². The van der Waals surface area contributed by atoms with Gasteiger partial charge in [0, 0.05) is 12.8 Å². The molecule has 1 saturated heterocycles. The van der Waals surface area contributed by atoms with Gasteiger partial charge in [-0.05, 0) is 18.1 Å². The molecule has 2 amide bonds. The van der Waals surface area contributed by atoms with Crippen LogP contribution >= 0.6 is 0 Å². The van der Waals surface area contributed by atoms with E-state index in [2.05, 4.69) is 33.9 Å². The van der Waals surface area contributed by atoms with Gasteiger partial charge in [0.1, 0.15) is 0 Å². The van der Waals surface area contributed by atoms with Gasteiger partial charge in [0.25, 0.3) is 11.8 Å². The quantitative estimate of drug-likeness (QED) is 0.380. The maximum atomic E-state index is 11.5. The van der Waals surface area contributed by atoms with Crippen molar-refractivity contribution >= 4 is 26.1 Å². The topological polar surface area (TPSA) is 82.1 Å². The summed E-state index contributed by atoms with van der Waals surface area (Å²) in [6.45, 7) is 11.8. The zero-order chi connectivity index (χ0) is 17.7. The molecule has 132 valence electrons. The summed E-state index contributed by atoms with van der Waals surface area (Å²) in [4.78, 5) is 38.9. The maximum Gasteiger partial charge on any atom is 0.335 e. The Labute approximate surface area is 138 Å². The molecular weight excluding hydrogens is 318 g/mol. The lowest BCUT2D eigenvalue weighted by Crippen LogP contribution is -2.41. The molecule has 0 atom stereocenters. The van der Waals surface area contributed by atoms with Crippen molar-refractivity contribution in [2.75, 3.05) is 19.8 Å². The normalized spacial score (nSPS) is 16.1. The Balaban J connectivity index is 2.14. The van der Waals surface area contributed by atoms with E-state index in [1.54, 1.807) is 0 Å². The van der Waals surface area contributed by atoms with Crippen molar-refractivity contribution in [2.45, 2.75) is 58.2 Å². The Morgan fingerprint density at radius 2 is 1.65 bits per heavy atom. The highest BCUT2D eigenvalue weighted by atomic mass is 28.4. The van der Waals surface area contributed by atoms with Gasteiger partial charge in [-0.1, -0.05) is 20.8 Å². The lowest BCUT2D eigenvalue weighted by Gasteiger charge is -2.36. The van der Waals surface area contributed by atoms with Gasteiger partial charge < -0.3 is 14.0 Å². The second-order valence-corrected chi connectivity index (χ2v) is 11.8. The van der Waals surface area contributed by atoms with Crippen LogP contribution in [0.2, 0.25) is 18.1 Å². The molecule has 1 rings (SSSR count). The largest absolute Gasteiger partial charge is 0.414 e. The summed E-state index contributed by atoms with van der Waals surface area (Å²) in [6, 6.07) is 0. The highest BCUT2D eigenvalue weighted by Crippen LogP contribution is 2.36. The summed E-state index contributed by atoms with van der Waals surface area (Å²) < 4.78 is 11.3. The number of hydroxylamine groups is 2. The fraction of sp³-hybridized carbons (Fsp3) is 0.800. The molecule has 0 aliphatic carbocycles. The maximum absolute atomic E-state index is 11.5. The average Bonchev–Trinajstić information content (AvgIpc) is 2.73. The Hall–Kier alpha value is -1.25. The number of rotatable bonds is 8. The third-order valence-corrected chi connectivity index (χ3v) is 8.68. The van der Waals surface area contributed by atoms with Crippen LogP contribution in [0.5, 0.6) is 0 Å². The van der Waals surface area contributed by atoms with Gasteiger partial charge in [-0.3, -0.25) is 9.59 Å². The second kappa shape index (κ2) is 8.03. The third-order valence-electron chi connectivity index (χ3n) is 4.15. The van der Waals surface area contributed by atoms with E-state index in [1.807, 2.05) is 0 Å². The number of amides is 2. The highest BCUT2D eigenvalue weighted by molar-refractivity contribution is 6.74. The monoisotopic (exact) mass is 345 g/mol. The Morgan fingerprint density at radius 1 is 1.09 bits per heavy atom. The van der Waals surface area contributed by atoms with E-state index < -0.39 is 26.1 Å². The average molecular weight is 345 g/mol. The van der Waals surface area contributed by atoms with Crippen LogP contribution in [0.4, 0.5) is 0 Å². The third kappa shape index (κ3) is 6.04. The molecule has 0 aromatic rings. The first kappa shape index (κ1) is 19.8. The van der Waals surface area contributed by atoms with Crippen molar-refractivity contribution in [1.29, 1.82) is 0 Å². The molecule has 1 aliphatic heterocycles. The van der Waals surface area contributed by atoms with Crippen molar-refractivity contribution in [1.82, 2.24) is 5.06 Å². The van der Waals surface area contributed by atoms with Crippen LogP contribution < -0.4 is 0 Å². The van der Waals surface area contributed by atoms with Gasteiger partial charge in [0.2, 0.25) is 0 Å². The minimum atomic E-state index is -1.78. The van der Waals surface area contributed by atoms with Gasteiger partial charge in [-0.25, -0.2) is 4.79 Å². The molecular formula is C15H27NO6Si. The smallest absolute Gasteiger partial charge is 0.335 e. The predicted octanol–water partition coefficient (Wildman–Crippen LogP) is 2.02. The number of imide groups is 1. The van der Waals surface area contributed by atoms with Gasteiger partial charge in [-0.15, -0.1) is 5.06 Å². The van der Waals surface area contributed by atoms with Crippen molar-refractivity contribution in [3.05, 3.63) is 0 Å². The molecule has 0 aromatic carbocycles. The molecule has 1 fully saturated rings. The zero-order valence-corrected chi connectivity index (χ0v) is 15.6. The molecule has 7 nitrogen and oxygen atoms in total. The summed E-state index contributed by atoms with van der Waals surface area (Å²) >= 11 is 0. The summed E-state index contributed by atoms with van der Waals surface area (Å²) in [5.41, 5.74) is 0. The van der Waals surface area contributed by atoms with Crippen LogP contribution in [-0.2, 0) is 28.4 Å². The zero-order valence-electron chi connectivity index (χ0n) is 14.6. The summed E-state index contributed by atoms with van der Waals surface area (Å²) in [6.07, 6.45) is 0.165. The van der Waals surface area contributed by atoms with Crippen LogP contribution in [0.3, 0.4) is 0 Å². The highest BCUT2D eigenvalue weighted by Gasteiger charge is 2.37. The van der Waals surface area contributed by atoms with E-state index in [0.29, 0.717) is 18.3 Å². The molecule has 0 saturated carbocycles. The molecule has 0 unspecified atom stereocenters. The fourth-order valence-corrected chi connectivity index (χ4v) is 2.66. The molecule has 1 heterocycles. The van der Waals surface area contributed by atoms with Crippen LogP contribution in [0.1, 0.15) is 40.0 Å². The summed E-state index contributed by atoms with van der Waals surface area (Å²) in [7, 11) is -1.78. The van der Waals surface area contributed by atoms with E-state index in [0.717, 1.165) is 0 Å². The van der Waals surface area contributed by atoms with Crippen LogP contribution in [0, 0.1) is 0 Å². The lowest BCUT2D eigenvalue weighted by atomic mass is 10.2. The van der Waals surface area contributed by atoms with Gasteiger partial charge >= 0.3 is 5.97 Å². The molecule has 8 heteroatoms. The molecule has 1 aliphatic rings. The summed E-state index contributed by atoms with van der Waals surface area (Å²) in [5.74, 6) is -1.61. The minimum absolute atomic E-state index is 0.0167. The first-order valence-corrected chi connectivity index (χ1v) is 10.7. The van der Waals surface area contributed by atoms with Crippen molar-refractivity contribution in [2.24, 2.45) is 0 Å². The SMILES string of the molecule is CC(C)(C)[Si](C)(C)OCCOCCC(=O)ON1C(=O)CCC1=O. The first-order chi connectivity index (χ1) is 10.5. The standard InChI is InChI=1S/C15H27NO6Si/c1-15(2,3)23(4,5)21-11-10-20-9-8-14(19)22-16-12(17)6-7-13(16)18/h6-11H2,1-5H3. The molecule has 0 radical (unpaired) electrons. The van der Waals surface area contributed by atoms with Gasteiger partial charge in [0.15, 0.2) is 8.32 Å². The Kier molecular flexibility index (Phi) is 6.91. The number of nitrogens with zero attached hydrogens (tertiary/aromatic N) is 1. The Bertz CT molecular complexity index is 441. The predicted molar refractivity (Wildman–Crippen MR) is 85.8 cm³/mol. The molecule has 0 aromatic heterocycles.